The first-order valence-electron chi connectivity index (χ1n) is 7.06. The number of benzene rings is 2. The van der Waals surface area contributed by atoms with Crippen molar-refractivity contribution < 1.29 is 14.4 Å². The predicted octanol–water partition coefficient (Wildman–Crippen LogP) is 0.399. The molecule has 2 aliphatic rings. The Morgan fingerprint density at radius 3 is 2.73 bits per heavy atom. The summed E-state index contributed by atoms with van der Waals surface area (Å²) in [6, 6.07) is 8.21. The van der Waals surface area contributed by atoms with E-state index in [-0.39, 0.29) is 18.2 Å². The molecule has 0 aromatic heterocycles. The molecule has 2 aliphatic heterocycles. The predicted molar refractivity (Wildman–Crippen MR) is 82.3 cm³/mol. The Hall–Kier alpha value is -2.63. The Morgan fingerprint density at radius 2 is 1.95 bits per heavy atom. The number of nitrogens with one attached hydrogen (secondary N) is 1. The summed E-state index contributed by atoms with van der Waals surface area (Å²) in [4.78, 5) is 37.7. The van der Waals surface area contributed by atoms with Crippen LogP contribution >= 0.6 is 0 Å². The van der Waals surface area contributed by atoms with Crippen molar-refractivity contribution in [3.8, 4) is 0 Å². The topological polar surface area (TPSA) is 66.5 Å². The molecule has 0 bridgehead atoms. The number of piperidine rings is 1. The van der Waals surface area contributed by atoms with Crippen molar-refractivity contribution in [1.82, 2.24) is 5.32 Å². The summed E-state index contributed by atoms with van der Waals surface area (Å²) >= 11 is 0. The third-order valence-corrected chi connectivity index (χ3v) is 4.28. The highest BCUT2D eigenvalue weighted by Crippen LogP contribution is 2.38. The summed E-state index contributed by atoms with van der Waals surface area (Å²) in [6.07, 6.45) is 0.560. The molecule has 4 rings (SSSR count). The van der Waals surface area contributed by atoms with Crippen LogP contribution in [-0.2, 0) is 9.59 Å². The van der Waals surface area contributed by atoms with E-state index in [0.717, 1.165) is 10.8 Å². The van der Waals surface area contributed by atoms with Crippen LogP contribution in [-0.4, -0.2) is 31.6 Å². The maximum atomic E-state index is 12.7. The highest BCUT2D eigenvalue weighted by molar-refractivity contribution is 6.41. The van der Waals surface area contributed by atoms with Crippen molar-refractivity contribution in [2.24, 2.45) is 0 Å². The van der Waals surface area contributed by atoms with E-state index in [1.54, 1.807) is 24.3 Å². The molecule has 1 N–H and O–H groups in total. The van der Waals surface area contributed by atoms with Gasteiger partial charge in [-0.15, -0.1) is 0 Å². The second kappa shape index (κ2) is 4.43. The number of amides is 3. The molecular weight excluding hydrogens is 279 g/mol. The molecule has 2 heterocycles. The third-order valence-electron chi connectivity index (χ3n) is 4.28. The van der Waals surface area contributed by atoms with Gasteiger partial charge in [0, 0.05) is 17.4 Å². The number of carbonyl (C=O) groups is 3. The van der Waals surface area contributed by atoms with Gasteiger partial charge in [0.1, 0.15) is 13.9 Å². The van der Waals surface area contributed by atoms with Crippen LogP contribution in [0, 0.1) is 0 Å². The Kier molecular flexibility index (Phi) is 2.63. The SMILES string of the molecule is [B]c1ccc2c3c(cccc13)C(=O)N2C1CCC(=O)NC1=O. The van der Waals surface area contributed by atoms with Crippen molar-refractivity contribution in [2.75, 3.05) is 4.90 Å². The lowest BCUT2D eigenvalue weighted by Crippen LogP contribution is -2.53. The van der Waals surface area contributed by atoms with E-state index in [4.69, 9.17) is 7.85 Å². The van der Waals surface area contributed by atoms with Crippen molar-refractivity contribution >= 4 is 47.5 Å². The van der Waals surface area contributed by atoms with Gasteiger partial charge in [0.25, 0.3) is 5.91 Å². The third kappa shape index (κ3) is 1.64. The van der Waals surface area contributed by atoms with Gasteiger partial charge in [0.05, 0.1) is 5.69 Å². The first-order chi connectivity index (χ1) is 10.6. The summed E-state index contributed by atoms with van der Waals surface area (Å²) in [6.45, 7) is 0. The van der Waals surface area contributed by atoms with E-state index in [1.165, 1.54) is 4.90 Å². The first-order valence-corrected chi connectivity index (χ1v) is 7.06. The van der Waals surface area contributed by atoms with E-state index >= 15 is 0 Å². The summed E-state index contributed by atoms with van der Waals surface area (Å²) < 4.78 is 0. The van der Waals surface area contributed by atoms with Crippen molar-refractivity contribution in [2.45, 2.75) is 18.9 Å². The van der Waals surface area contributed by atoms with E-state index in [9.17, 15) is 14.4 Å². The monoisotopic (exact) mass is 290 g/mol. The summed E-state index contributed by atoms with van der Waals surface area (Å²) in [5.74, 6) is -0.948. The fourth-order valence-electron chi connectivity index (χ4n) is 3.27. The lowest BCUT2D eigenvalue weighted by molar-refractivity contribution is -0.134. The molecule has 5 nitrogen and oxygen atoms in total. The molecule has 2 aromatic rings. The normalized spacial score (nSPS) is 20.6. The van der Waals surface area contributed by atoms with Gasteiger partial charge in [-0.1, -0.05) is 23.7 Å². The number of rotatable bonds is 1. The summed E-state index contributed by atoms with van der Waals surface area (Å²) in [5, 5.41) is 3.88. The Bertz CT molecular complexity index is 862. The number of nitrogens with zero attached hydrogens (tertiary/aromatic N) is 1. The van der Waals surface area contributed by atoms with Crippen LogP contribution in [0.2, 0.25) is 0 Å². The standard InChI is InChI=1S/C16H11BN2O3/c17-10-4-5-11-14-8(10)2-1-3-9(14)16(22)19(11)12-6-7-13(20)18-15(12)21/h1-5,12H,6-7H2,(H,18,20,21). The van der Waals surface area contributed by atoms with Gasteiger partial charge in [-0.3, -0.25) is 24.6 Å². The first kappa shape index (κ1) is 13.1. The van der Waals surface area contributed by atoms with E-state index in [0.29, 0.717) is 23.1 Å². The molecule has 0 spiro atoms. The molecule has 3 amide bonds. The average Bonchev–Trinajstić information content (AvgIpc) is 2.78. The van der Waals surface area contributed by atoms with Crippen molar-refractivity contribution in [3.05, 3.63) is 35.9 Å². The highest BCUT2D eigenvalue weighted by atomic mass is 16.2. The van der Waals surface area contributed by atoms with Crippen LogP contribution in [0.1, 0.15) is 23.2 Å². The molecule has 6 heteroatoms. The zero-order valence-electron chi connectivity index (χ0n) is 11.6. The number of carbonyl (C=O) groups excluding carboxylic acids is 3. The molecule has 22 heavy (non-hydrogen) atoms. The fourth-order valence-corrected chi connectivity index (χ4v) is 3.27. The Morgan fingerprint density at radius 1 is 1.14 bits per heavy atom. The highest BCUT2D eigenvalue weighted by Gasteiger charge is 2.40. The van der Waals surface area contributed by atoms with Gasteiger partial charge in [0.15, 0.2) is 0 Å². The largest absolute Gasteiger partial charge is 0.295 e. The fraction of sp³-hybridized carbons (Fsp3) is 0.188. The Balaban J connectivity index is 1.89. The molecule has 2 radical (unpaired) electrons. The number of imide groups is 1. The maximum Gasteiger partial charge on any atom is 0.259 e. The van der Waals surface area contributed by atoms with E-state index < -0.39 is 11.9 Å². The number of anilines is 1. The zero-order chi connectivity index (χ0) is 15.4. The van der Waals surface area contributed by atoms with Crippen LogP contribution in [0.25, 0.3) is 10.8 Å². The van der Waals surface area contributed by atoms with Gasteiger partial charge in [-0.05, 0) is 23.9 Å². The number of hydrogen-bond donors (Lipinski definition) is 1. The van der Waals surface area contributed by atoms with Crippen LogP contribution < -0.4 is 15.7 Å². The quantitative estimate of drug-likeness (QED) is 0.610. The average molecular weight is 290 g/mol. The summed E-state index contributed by atoms with van der Waals surface area (Å²) in [7, 11) is 5.98. The molecule has 1 fully saturated rings. The minimum absolute atomic E-state index is 0.222. The molecule has 1 saturated heterocycles. The van der Waals surface area contributed by atoms with Gasteiger partial charge in [0.2, 0.25) is 11.8 Å². The summed E-state index contributed by atoms with van der Waals surface area (Å²) in [5.41, 5.74) is 1.82. The van der Waals surface area contributed by atoms with Crippen LogP contribution in [0.3, 0.4) is 0 Å². The van der Waals surface area contributed by atoms with E-state index in [2.05, 4.69) is 5.32 Å². The smallest absolute Gasteiger partial charge is 0.259 e. The minimum atomic E-state index is -0.663. The van der Waals surface area contributed by atoms with Crippen molar-refractivity contribution in [3.63, 3.8) is 0 Å². The maximum absolute atomic E-state index is 12.7. The Labute approximate surface area is 127 Å². The van der Waals surface area contributed by atoms with Gasteiger partial charge < -0.3 is 0 Å². The zero-order valence-corrected chi connectivity index (χ0v) is 11.6. The molecule has 1 unspecified atom stereocenters. The van der Waals surface area contributed by atoms with E-state index in [1.807, 2.05) is 6.07 Å². The number of hydrogen-bond acceptors (Lipinski definition) is 3. The van der Waals surface area contributed by atoms with Gasteiger partial charge >= 0.3 is 0 Å². The van der Waals surface area contributed by atoms with Gasteiger partial charge in [-0.2, -0.15) is 0 Å². The molecule has 106 valence electrons. The molecular formula is C16H11BN2O3. The van der Waals surface area contributed by atoms with Crippen LogP contribution in [0.4, 0.5) is 5.69 Å². The molecule has 0 aliphatic carbocycles. The molecule has 0 saturated carbocycles. The molecule has 2 aromatic carbocycles. The molecule has 1 atom stereocenters. The second-order valence-electron chi connectivity index (χ2n) is 5.54. The van der Waals surface area contributed by atoms with Gasteiger partial charge in [-0.25, -0.2) is 0 Å². The van der Waals surface area contributed by atoms with Crippen molar-refractivity contribution in [1.29, 1.82) is 0 Å². The minimum Gasteiger partial charge on any atom is -0.295 e. The lowest BCUT2D eigenvalue weighted by Gasteiger charge is -2.30. The second-order valence-corrected chi connectivity index (χ2v) is 5.54. The van der Waals surface area contributed by atoms with Crippen LogP contribution in [0.15, 0.2) is 30.3 Å². The lowest BCUT2D eigenvalue weighted by atomic mass is 9.89. The van der Waals surface area contributed by atoms with Crippen LogP contribution in [0.5, 0.6) is 0 Å².